The lowest BCUT2D eigenvalue weighted by Crippen LogP contribution is -2.42. The van der Waals surface area contributed by atoms with Crippen molar-refractivity contribution in [2.24, 2.45) is 0 Å². The van der Waals surface area contributed by atoms with Gasteiger partial charge in [-0.15, -0.1) is 0 Å². The van der Waals surface area contributed by atoms with Crippen LogP contribution in [0.4, 0.5) is 17.1 Å². The van der Waals surface area contributed by atoms with Crippen LogP contribution in [0.1, 0.15) is 19.8 Å². The van der Waals surface area contributed by atoms with Crippen molar-refractivity contribution in [1.29, 1.82) is 0 Å². The minimum Gasteiger partial charge on any atom is -0.393 e. The molecule has 98 valence electrons. The van der Waals surface area contributed by atoms with E-state index in [1.165, 1.54) is 6.07 Å². The zero-order chi connectivity index (χ0) is 13.3. The highest BCUT2D eigenvalue weighted by atomic mass is 16.6. The van der Waals surface area contributed by atoms with Gasteiger partial charge in [0.25, 0.3) is 0 Å². The van der Waals surface area contributed by atoms with Crippen molar-refractivity contribution in [2.75, 3.05) is 23.7 Å². The molecule has 1 heterocycles. The van der Waals surface area contributed by atoms with Gasteiger partial charge in [0.2, 0.25) is 0 Å². The van der Waals surface area contributed by atoms with Crippen LogP contribution in [0.5, 0.6) is 0 Å². The van der Waals surface area contributed by atoms with E-state index in [1.807, 2.05) is 4.90 Å². The number of nitrogen functional groups attached to an aromatic ring is 1. The highest BCUT2D eigenvalue weighted by molar-refractivity contribution is 5.75. The molecular formula is C12H17N3O3. The van der Waals surface area contributed by atoms with Gasteiger partial charge in [0, 0.05) is 13.1 Å². The normalized spacial score (nSPS) is 18.7. The Bertz CT molecular complexity index is 464. The van der Waals surface area contributed by atoms with E-state index in [1.54, 1.807) is 19.1 Å². The third-order valence-electron chi connectivity index (χ3n) is 3.41. The van der Waals surface area contributed by atoms with Crippen molar-refractivity contribution < 1.29 is 10.0 Å². The van der Waals surface area contributed by atoms with E-state index in [-0.39, 0.29) is 11.4 Å². The molecule has 1 aromatic rings. The van der Waals surface area contributed by atoms with Gasteiger partial charge in [0.15, 0.2) is 0 Å². The van der Waals surface area contributed by atoms with Crippen LogP contribution in [0.3, 0.4) is 0 Å². The molecule has 2 rings (SSSR count). The Balaban J connectivity index is 2.30. The molecule has 1 aliphatic rings. The summed E-state index contributed by atoms with van der Waals surface area (Å²) in [5, 5.41) is 20.9. The molecule has 1 aliphatic heterocycles. The minimum absolute atomic E-state index is 0.0426. The van der Waals surface area contributed by atoms with Gasteiger partial charge in [-0.25, -0.2) is 0 Å². The second kappa shape index (κ2) is 4.45. The molecular weight excluding hydrogens is 234 g/mol. The smallest absolute Gasteiger partial charge is 0.315 e. The first kappa shape index (κ1) is 12.6. The molecule has 0 bridgehead atoms. The summed E-state index contributed by atoms with van der Waals surface area (Å²) in [6.45, 7) is 2.98. The summed E-state index contributed by atoms with van der Waals surface area (Å²) in [5.41, 5.74) is 5.66. The first-order chi connectivity index (χ1) is 8.41. The Morgan fingerprint density at radius 2 is 2.06 bits per heavy atom. The van der Waals surface area contributed by atoms with Gasteiger partial charge in [-0.2, -0.15) is 0 Å². The highest BCUT2D eigenvalue weighted by Gasteiger charge is 2.30. The van der Waals surface area contributed by atoms with Crippen LogP contribution >= 0.6 is 0 Å². The summed E-state index contributed by atoms with van der Waals surface area (Å²) >= 11 is 0. The van der Waals surface area contributed by atoms with Gasteiger partial charge in [0.1, 0.15) is 11.4 Å². The van der Waals surface area contributed by atoms with Crippen LogP contribution in [0, 0.1) is 10.1 Å². The molecule has 3 N–H and O–H groups in total. The van der Waals surface area contributed by atoms with Crippen molar-refractivity contribution >= 4 is 17.1 Å². The average Bonchev–Trinajstić information content (AvgIpc) is 2.28. The van der Waals surface area contributed by atoms with Crippen molar-refractivity contribution in [3.63, 3.8) is 0 Å². The summed E-state index contributed by atoms with van der Waals surface area (Å²) in [6.07, 6.45) is 1.19. The zero-order valence-electron chi connectivity index (χ0n) is 10.3. The molecule has 0 aliphatic carbocycles. The number of hydrogen-bond acceptors (Lipinski definition) is 5. The maximum atomic E-state index is 11.1. The first-order valence-corrected chi connectivity index (χ1v) is 5.91. The fourth-order valence-corrected chi connectivity index (χ4v) is 2.23. The predicted molar refractivity (Wildman–Crippen MR) is 69.6 cm³/mol. The van der Waals surface area contributed by atoms with E-state index in [9.17, 15) is 15.2 Å². The largest absolute Gasteiger partial charge is 0.393 e. The molecule has 0 amide bonds. The van der Waals surface area contributed by atoms with Crippen LogP contribution in [0.2, 0.25) is 0 Å². The zero-order valence-corrected chi connectivity index (χ0v) is 10.3. The lowest BCUT2D eigenvalue weighted by atomic mass is 9.93. The van der Waals surface area contributed by atoms with E-state index in [0.29, 0.717) is 31.6 Å². The van der Waals surface area contributed by atoms with Crippen molar-refractivity contribution in [1.82, 2.24) is 0 Å². The number of para-hydroxylation sites is 1. The number of benzene rings is 1. The SMILES string of the molecule is CC1(O)CCN(c2cccc(N)c2[N+](=O)[O-])CC1. The van der Waals surface area contributed by atoms with E-state index in [4.69, 9.17) is 5.73 Å². The first-order valence-electron chi connectivity index (χ1n) is 5.91. The van der Waals surface area contributed by atoms with Gasteiger partial charge < -0.3 is 15.7 Å². The van der Waals surface area contributed by atoms with E-state index in [2.05, 4.69) is 0 Å². The summed E-state index contributed by atoms with van der Waals surface area (Å²) in [6, 6.07) is 4.95. The van der Waals surface area contributed by atoms with Crippen LogP contribution < -0.4 is 10.6 Å². The summed E-state index contributed by atoms with van der Waals surface area (Å²) < 4.78 is 0. The number of piperidine rings is 1. The maximum Gasteiger partial charge on any atom is 0.315 e. The van der Waals surface area contributed by atoms with Crippen LogP contribution in [-0.4, -0.2) is 28.7 Å². The van der Waals surface area contributed by atoms with Gasteiger partial charge in [0.05, 0.1) is 10.5 Å². The van der Waals surface area contributed by atoms with Crippen LogP contribution in [-0.2, 0) is 0 Å². The number of nitrogens with zero attached hydrogens (tertiary/aromatic N) is 2. The summed E-state index contributed by atoms with van der Waals surface area (Å²) in [4.78, 5) is 12.5. The van der Waals surface area contributed by atoms with E-state index >= 15 is 0 Å². The molecule has 18 heavy (non-hydrogen) atoms. The van der Waals surface area contributed by atoms with Gasteiger partial charge in [-0.3, -0.25) is 10.1 Å². The lowest BCUT2D eigenvalue weighted by molar-refractivity contribution is -0.383. The molecule has 1 fully saturated rings. The van der Waals surface area contributed by atoms with Crippen LogP contribution in [0.25, 0.3) is 0 Å². The number of nitro benzene ring substituents is 1. The molecule has 0 unspecified atom stereocenters. The Kier molecular flexibility index (Phi) is 3.13. The molecule has 1 saturated heterocycles. The molecule has 0 radical (unpaired) electrons. The summed E-state index contributed by atoms with van der Waals surface area (Å²) in [5.74, 6) is 0. The number of aliphatic hydroxyl groups is 1. The standard InChI is InChI=1S/C12H17N3O3/c1-12(16)5-7-14(8-6-12)10-4-2-3-9(13)11(10)15(17)18/h2-4,16H,5-8,13H2,1H3. The maximum absolute atomic E-state index is 11.1. The molecule has 0 saturated carbocycles. The topological polar surface area (TPSA) is 92.6 Å². The van der Waals surface area contributed by atoms with Crippen molar-refractivity contribution in [3.05, 3.63) is 28.3 Å². The quantitative estimate of drug-likeness (QED) is 0.472. The van der Waals surface area contributed by atoms with Gasteiger partial charge >= 0.3 is 5.69 Å². The predicted octanol–water partition coefficient (Wildman–Crippen LogP) is 1.53. The Hall–Kier alpha value is -1.82. The monoisotopic (exact) mass is 251 g/mol. The Morgan fingerprint density at radius 1 is 1.44 bits per heavy atom. The molecule has 6 nitrogen and oxygen atoms in total. The van der Waals surface area contributed by atoms with E-state index in [0.717, 1.165) is 0 Å². The van der Waals surface area contributed by atoms with Crippen LogP contribution in [0.15, 0.2) is 18.2 Å². The van der Waals surface area contributed by atoms with Gasteiger partial charge in [-0.1, -0.05) is 6.07 Å². The Labute approximate surface area is 105 Å². The molecule has 6 heteroatoms. The second-order valence-corrected chi connectivity index (χ2v) is 4.96. The highest BCUT2D eigenvalue weighted by Crippen LogP contribution is 2.36. The number of anilines is 2. The molecule has 1 aromatic carbocycles. The minimum atomic E-state index is -0.675. The summed E-state index contributed by atoms with van der Waals surface area (Å²) in [7, 11) is 0. The number of hydrogen-bond donors (Lipinski definition) is 2. The molecule has 0 spiro atoms. The van der Waals surface area contributed by atoms with Crippen molar-refractivity contribution in [2.45, 2.75) is 25.4 Å². The average molecular weight is 251 g/mol. The Morgan fingerprint density at radius 3 is 2.61 bits per heavy atom. The molecule has 0 aromatic heterocycles. The molecule has 0 atom stereocenters. The fourth-order valence-electron chi connectivity index (χ4n) is 2.23. The van der Waals surface area contributed by atoms with Crippen molar-refractivity contribution in [3.8, 4) is 0 Å². The number of rotatable bonds is 2. The van der Waals surface area contributed by atoms with E-state index < -0.39 is 10.5 Å². The lowest BCUT2D eigenvalue weighted by Gasteiger charge is -2.36. The van der Waals surface area contributed by atoms with Gasteiger partial charge in [-0.05, 0) is 31.9 Å². The third-order valence-corrected chi connectivity index (χ3v) is 3.41. The second-order valence-electron chi connectivity index (χ2n) is 4.96. The number of nitro groups is 1. The number of nitrogens with two attached hydrogens (primary N) is 1. The fraction of sp³-hybridized carbons (Fsp3) is 0.500. The third kappa shape index (κ3) is 2.38.